The molecule has 2 aromatic carbocycles. The SMILES string of the molecule is CCCNC(=O)C(C)N(CCc1ccccc1)C(=O)CN(c1cccc(C(C)=O)c1)S(C)(=O)=O. The highest BCUT2D eigenvalue weighted by molar-refractivity contribution is 7.92. The number of nitrogens with zero attached hydrogens (tertiary/aromatic N) is 2. The third-order valence-corrected chi connectivity index (χ3v) is 6.56. The second kappa shape index (κ2) is 12.3. The molecule has 9 heteroatoms. The maximum Gasteiger partial charge on any atom is 0.244 e. The van der Waals surface area contributed by atoms with E-state index in [2.05, 4.69) is 5.32 Å². The van der Waals surface area contributed by atoms with Gasteiger partial charge in [0.2, 0.25) is 21.8 Å². The lowest BCUT2D eigenvalue weighted by Crippen LogP contribution is -2.52. The molecular formula is C25H33N3O5S. The number of Topliss-reactive ketones (excluding diaryl/α,β-unsaturated/α-hetero) is 1. The lowest BCUT2D eigenvalue weighted by atomic mass is 10.1. The molecular weight excluding hydrogens is 454 g/mol. The molecule has 1 N–H and O–H groups in total. The minimum Gasteiger partial charge on any atom is -0.354 e. The van der Waals surface area contributed by atoms with Gasteiger partial charge in [0.1, 0.15) is 12.6 Å². The van der Waals surface area contributed by atoms with Crippen LogP contribution in [0.25, 0.3) is 0 Å². The van der Waals surface area contributed by atoms with Crippen LogP contribution in [0.2, 0.25) is 0 Å². The highest BCUT2D eigenvalue weighted by Gasteiger charge is 2.29. The molecule has 0 bridgehead atoms. The normalized spacial score (nSPS) is 12.0. The van der Waals surface area contributed by atoms with Gasteiger partial charge in [-0.05, 0) is 44.4 Å². The molecule has 0 aromatic heterocycles. The van der Waals surface area contributed by atoms with E-state index >= 15 is 0 Å². The van der Waals surface area contributed by atoms with Crippen LogP contribution < -0.4 is 9.62 Å². The summed E-state index contributed by atoms with van der Waals surface area (Å²) in [5.41, 5.74) is 1.55. The minimum atomic E-state index is -3.84. The molecule has 0 aliphatic heterocycles. The van der Waals surface area contributed by atoms with Crippen molar-refractivity contribution in [2.24, 2.45) is 0 Å². The first-order valence-electron chi connectivity index (χ1n) is 11.2. The molecule has 184 valence electrons. The predicted molar refractivity (Wildman–Crippen MR) is 133 cm³/mol. The molecule has 0 saturated carbocycles. The number of sulfonamides is 1. The fourth-order valence-corrected chi connectivity index (χ4v) is 4.30. The summed E-state index contributed by atoms with van der Waals surface area (Å²) >= 11 is 0. The molecule has 2 rings (SSSR count). The smallest absolute Gasteiger partial charge is 0.244 e. The van der Waals surface area contributed by atoms with Crippen LogP contribution >= 0.6 is 0 Å². The van der Waals surface area contributed by atoms with Crippen molar-refractivity contribution in [1.29, 1.82) is 0 Å². The largest absolute Gasteiger partial charge is 0.354 e. The number of nitrogens with one attached hydrogen (secondary N) is 1. The molecule has 0 aliphatic rings. The molecule has 1 atom stereocenters. The quantitative estimate of drug-likeness (QED) is 0.464. The van der Waals surface area contributed by atoms with Crippen LogP contribution in [0.15, 0.2) is 54.6 Å². The summed E-state index contributed by atoms with van der Waals surface area (Å²) in [4.78, 5) is 39.3. The Labute approximate surface area is 202 Å². The van der Waals surface area contributed by atoms with Crippen LogP contribution in [-0.4, -0.2) is 62.8 Å². The third kappa shape index (κ3) is 7.69. The average molecular weight is 488 g/mol. The predicted octanol–water partition coefficient (Wildman–Crippen LogP) is 2.64. The maximum absolute atomic E-state index is 13.4. The second-order valence-corrected chi connectivity index (χ2v) is 10.1. The summed E-state index contributed by atoms with van der Waals surface area (Å²) < 4.78 is 26.1. The number of ketones is 1. The summed E-state index contributed by atoms with van der Waals surface area (Å²) in [7, 11) is -3.84. The number of carbonyl (C=O) groups is 3. The zero-order valence-corrected chi connectivity index (χ0v) is 21.0. The first kappa shape index (κ1) is 27.0. The zero-order valence-electron chi connectivity index (χ0n) is 20.2. The number of benzene rings is 2. The van der Waals surface area contributed by atoms with Crippen LogP contribution in [0, 0.1) is 0 Å². The summed E-state index contributed by atoms with van der Waals surface area (Å²) in [6.07, 6.45) is 2.27. The van der Waals surface area contributed by atoms with E-state index in [0.29, 0.717) is 18.5 Å². The third-order valence-electron chi connectivity index (χ3n) is 5.42. The van der Waals surface area contributed by atoms with Crippen molar-refractivity contribution in [3.05, 3.63) is 65.7 Å². The Balaban J connectivity index is 2.33. The van der Waals surface area contributed by atoms with Gasteiger partial charge in [0, 0.05) is 18.7 Å². The minimum absolute atomic E-state index is 0.215. The molecule has 1 unspecified atom stereocenters. The Hall–Kier alpha value is -3.20. The van der Waals surface area contributed by atoms with Crippen molar-refractivity contribution >= 4 is 33.3 Å². The van der Waals surface area contributed by atoms with E-state index in [1.807, 2.05) is 37.3 Å². The second-order valence-electron chi connectivity index (χ2n) is 8.17. The van der Waals surface area contributed by atoms with Gasteiger partial charge in [-0.1, -0.05) is 49.4 Å². The lowest BCUT2D eigenvalue weighted by molar-refractivity contribution is -0.138. The number of hydrogen-bond acceptors (Lipinski definition) is 5. The van der Waals surface area contributed by atoms with Crippen molar-refractivity contribution in [1.82, 2.24) is 10.2 Å². The molecule has 0 aliphatic carbocycles. The average Bonchev–Trinajstić information content (AvgIpc) is 2.80. The van der Waals surface area contributed by atoms with Crippen molar-refractivity contribution in [3.63, 3.8) is 0 Å². The van der Waals surface area contributed by atoms with E-state index in [1.54, 1.807) is 19.1 Å². The molecule has 0 spiro atoms. The van der Waals surface area contributed by atoms with Gasteiger partial charge in [-0.3, -0.25) is 18.7 Å². The first-order chi connectivity index (χ1) is 16.0. The fraction of sp³-hybridized carbons (Fsp3) is 0.400. The Kier molecular flexibility index (Phi) is 9.80. The van der Waals surface area contributed by atoms with E-state index in [0.717, 1.165) is 22.5 Å². The standard InChI is InChI=1S/C25H33N3O5S/c1-5-15-26-25(31)19(2)27(16-14-21-10-7-6-8-11-21)24(30)18-28(34(4,32)33)23-13-9-12-22(17-23)20(3)29/h6-13,17,19H,5,14-16,18H2,1-4H3,(H,26,31). The topological polar surface area (TPSA) is 104 Å². The van der Waals surface area contributed by atoms with E-state index in [1.165, 1.54) is 24.0 Å². The van der Waals surface area contributed by atoms with Crippen LogP contribution in [0.3, 0.4) is 0 Å². The van der Waals surface area contributed by atoms with Crippen molar-refractivity contribution < 1.29 is 22.8 Å². The number of amides is 2. The van der Waals surface area contributed by atoms with Crippen molar-refractivity contribution in [2.45, 2.75) is 39.7 Å². The number of rotatable bonds is 12. The first-order valence-corrected chi connectivity index (χ1v) is 13.1. The molecule has 2 amide bonds. The van der Waals surface area contributed by atoms with Gasteiger partial charge < -0.3 is 10.2 Å². The molecule has 34 heavy (non-hydrogen) atoms. The monoisotopic (exact) mass is 487 g/mol. The van der Waals surface area contributed by atoms with Crippen LogP contribution in [-0.2, 0) is 26.0 Å². The molecule has 0 radical (unpaired) electrons. The number of anilines is 1. The van der Waals surface area contributed by atoms with Gasteiger partial charge in [0.25, 0.3) is 0 Å². The number of carbonyl (C=O) groups excluding carboxylic acids is 3. The summed E-state index contributed by atoms with van der Waals surface area (Å²) in [5.74, 6) is -1.02. The van der Waals surface area contributed by atoms with E-state index < -0.39 is 28.5 Å². The molecule has 2 aromatic rings. The summed E-state index contributed by atoms with van der Waals surface area (Å²) in [6, 6.07) is 14.9. The number of hydrogen-bond donors (Lipinski definition) is 1. The van der Waals surface area contributed by atoms with Crippen molar-refractivity contribution in [3.8, 4) is 0 Å². The van der Waals surface area contributed by atoms with Crippen LogP contribution in [0.4, 0.5) is 5.69 Å². The van der Waals surface area contributed by atoms with Crippen LogP contribution in [0.5, 0.6) is 0 Å². The fourth-order valence-electron chi connectivity index (χ4n) is 3.46. The molecule has 8 nitrogen and oxygen atoms in total. The van der Waals surface area contributed by atoms with E-state index in [-0.39, 0.29) is 23.9 Å². The van der Waals surface area contributed by atoms with Crippen molar-refractivity contribution in [2.75, 3.05) is 30.2 Å². The Morgan fingerprint density at radius 3 is 2.29 bits per heavy atom. The molecule has 0 heterocycles. The van der Waals surface area contributed by atoms with Gasteiger partial charge >= 0.3 is 0 Å². The zero-order chi connectivity index (χ0) is 25.3. The van der Waals surface area contributed by atoms with Gasteiger partial charge in [-0.2, -0.15) is 0 Å². The highest BCUT2D eigenvalue weighted by Crippen LogP contribution is 2.20. The Morgan fingerprint density at radius 1 is 1.03 bits per heavy atom. The van der Waals surface area contributed by atoms with Gasteiger partial charge in [0.15, 0.2) is 5.78 Å². The van der Waals surface area contributed by atoms with Crippen LogP contribution in [0.1, 0.15) is 43.1 Å². The Morgan fingerprint density at radius 2 is 1.71 bits per heavy atom. The van der Waals surface area contributed by atoms with Gasteiger partial charge in [-0.15, -0.1) is 0 Å². The molecule has 0 saturated heterocycles. The highest BCUT2D eigenvalue weighted by atomic mass is 32.2. The van der Waals surface area contributed by atoms with Gasteiger partial charge in [-0.25, -0.2) is 8.42 Å². The van der Waals surface area contributed by atoms with Gasteiger partial charge in [0.05, 0.1) is 11.9 Å². The summed E-state index contributed by atoms with van der Waals surface area (Å²) in [5, 5.41) is 2.80. The maximum atomic E-state index is 13.4. The Bertz CT molecular complexity index is 1100. The van der Waals surface area contributed by atoms with E-state index in [4.69, 9.17) is 0 Å². The summed E-state index contributed by atoms with van der Waals surface area (Å²) in [6.45, 7) is 5.20. The molecule has 0 fully saturated rings. The van der Waals surface area contributed by atoms with E-state index in [9.17, 15) is 22.8 Å². The lowest BCUT2D eigenvalue weighted by Gasteiger charge is -2.31.